The number of carbonyl (C=O) groups excluding carboxylic acids is 1. The van der Waals surface area contributed by atoms with Crippen LogP contribution in [0.3, 0.4) is 0 Å². The summed E-state index contributed by atoms with van der Waals surface area (Å²) >= 11 is 0. The summed E-state index contributed by atoms with van der Waals surface area (Å²) in [5.41, 5.74) is 1.99. The van der Waals surface area contributed by atoms with Gasteiger partial charge in [-0.05, 0) is 36.6 Å². The lowest BCUT2D eigenvalue weighted by molar-refractivity contribution is 0.0697. The van der Waals surface area contributed by atoms with E-state index in [0.29, 0.717) is 26.1 Å². The lowest BCUT2D eigenvalue weighted by atomic mass is 10.1. The zero-order valence-electron chi connectivity index (χ0n) is 12.2. The van der Waals surface area contributed by atoms with Crippen molar-refractivity contribution < 1.29 is 14.7 Å². The molecule has 0 unspecified atom stereocenters. The molecule has 5 heteroatoms. The Morgan fingerprint density at radius 2 is 2.24 bits per heavy atom. The van der Waals surface area contributed by atoms with E-state index < -0.39 is 5.97 Å². The molecule has 21 heavy (non-hydrogen) atoms. The van der Waals surface area contributed by atoms with Crippen LogP contribution in [0, 0.1) is 0 Å². The van der Waals surface area contributed by atoms with Crippen molar-refractivity contribution in [3.63, 3.8) is 0 Å². The fourth-order valence-corrected chi connectivity index (χ4v) is 2.59. The molecule has 1 N–H and O–H groups in total. The molecule has 0 aliphatic carbocycles. The van der Waals surface area contributed by atoms with E-state index in [-0.39, 0.29) is 11.6 Å². The molecule has 2 amide bonds. The summed E-state index contributed by atoms with van der Waals surface area (Å²) in [7, 11) is 0. The SMILES string of the molecule is C=CCN(CCC)C(=O)N1CCc2cc(C(=O)O)ccc21. The maximum Gasteiger partial charge on any atom is 0.335 e. The number of carbonyl (C=O) groups is 2. The first-order chi connectivity index (χ1) is 10.1. The van der Waals surface area contributed by atoms with Gasteiger partial charge in [-0.3, -0.25) is 4.90 Å². The molecule has 0 fully saturated rings. The van der Waals surface area contributed by atoms with E-state index in [1.807, 2.05) is 6.92 Å². The predicted octanol–water partition coefficient (Wildman–Crippen LogP) is 2.77. The maximum absolute atomic E-state index is 12.6. The van der Waals surface area contributed by atoms with Crippen LogP contribution in [-0.2, 0) is 6.42 Å². The van der Waals surface area contributed by atoms with E-state index in [2.05, 4.69) is 6.58 Å². The van der Waals surface area contributed by atoms with Crippen LogP contribution in [0.15, 0.2) is 30.9 Å². The molecule has 0 saturated carbocycles. The summed E-state index contributed by atoms with van der Waals surface area (Å²) < 4.78 is 0. The Morgan fingerprint density at radius 3 is 2.86 bits per heavy atom. The van der Waals surface area contributed by atoms with Gasteiger partial charge in [-0.1, -0.05) is 13.0 Å². The minimum Gasteiger partial charge on any atom is -0.478 e. The zero-order valence-corrected chi connectivity index (χ0v) is 12.2. The first-order valence-corrected chi connectivity index (χ1v) is 7.12. The Hall–Kier alpha value is -2.30. The highest BCUT2D eigenvalue weighted by atomic mass is 16.4. The first-order valence-electron chi connectivity index (χ1n) is 7.12. The molecule has 0 spiro atoms. The number of rotatable bonds is 5. The third kappa shape index (κ3) is 3.07. The summed E-state index contributed by atoms with van der Waals surface area (Å²) in [6, 6.07) is 4.88. The van der Waals surface area contributed by atoms with Crippen molar-refractivity contribution >= 4 is 17.7 Å². The molecule has 1 heterocycles. The number of anilines is 1. The van der Waals surface area contributed by atoms with Crippen LogP contribution in [0.4, 0.5) is 10.5 Å². The summed E-state index contributed by atoms with van der Waals surface area (Å²) in [4.78, 5) is 27.1. The summed E-state index contributed by atoms with van der Waals surface area (Å²) in [6.07, 6.45) is 3.30. The van der Waals surface area contributed by atoms with Crippen LogP contribution in [0.2, 0.25) is 0 Å². The van der Waals surface area contributed by atoms with E-state index in [1.54, 1.807) is 34.1 Å². The van der Waals surface area contributed by atoms with Gasteiger partial charge < -0.3 is 10.0 Å². The highest BCUT2D eigenvalue weighted by Gasteiger charge is 2.28. The average Bonchev–Trinajstić information content (AvgIpc) is 2.89. The molecule has 1 aliphatic rings. The number of carboxylic acid groups (broad SMARTS) is 1. The van der Waals surface area contributed by atoms with Gasteiger partial charge >= 0.3 is 12.0 Å². The Bertz CT molecular complexity index is 569. The van der Waals surface area contributed by atoms with Gasteiger partial charge in [0.1, 0.15) is 0 Å². The van der Waals surface area contributed by atoms with Crippen molar-refractivity contribution in [2.24, 2.45) is 0 Å². The summed E-state index contributed by atoms with van der Waals surface area (Å²) in [5, 5.41) is 9.02. The van der Waals surface area contributed by atoms with Crippen LogP contribution in [0.25, 0.3) is 0 Å². The van der Waals surface area contributed by atoms with Gasteiger partial charge in [-0.25, -0.2) is 9.59 Å². The van der Waals surface area contributed by atoms with Gasteiger partial charge in [0.05, 0.1) is 5.56 Å². The number of hydrogen-bond acceptors (Lipinski definition) is 2. The number of benzene rings is 1. The molecule has 2 rings (SSSR count). The molecule has 1 aromatic carbocycles. The molecule has 5 nitrogen and oxygen atoms in total. The largest absolute Gasteiger partial charge is 0.478 e. The minimum absolute atomic E-state index is 0.0430. The molecule has 1 aromatic rings. The minimum atomic E-state index is -0.943. The van der Waals surface area contributed by atoms with Gasteiger partial charge in [-0.2, -0.15) is 0 Å². The van der Waals surface area contributed by atoms with E-state index in [9.17, 15) is 9.59 Å². The Labute approximate surface area is 124 Å². The summed E-state index contributed by atoms with van der Waals surface area (Å²) in [6.45, 7) is 7.51. The topological polar surface area (TPSA) is 60.9 Å². The standard InChI is InChI=1S/C16H20N2O3/c1-3-8-17(9-4-2)16(21)18-10-7-12-11-13(15(19)20)5-6-14(12)18/h3,5-6,11H,1,4,7-10H2,2H3,(H,19,20). The fourth-order valence-electron chi connectivity index (χ4n) is 2.59. The number of fused-ring (bicyclic) bond motifs is 1. The molecule has 0 saturated heterocycles. The van der Waals surface area contributed by atoms with Crippen LogP contribution in [0.1, 0.15) is 29.3 Å². The molecule has 0 bridgehead atoms. The van der Waals surface area contributed by atoms with E-state index in [1.165, 1.54) is 0 Å². The van der Waals surface area contributed by atoms with Crippen molar-refractivity contribution in [3.05, 3.63) is 42.0 Å². The first kappa shape index (κ1) is 15.1. The second kappa shape index (κ2) is 6.43. The molecular weight excluding hydrogens is 268 g/mol. The monoisotopic (exact) mass is 288 g/mol. The Kier molecular flexibility index (Phi) is 4.62. The van der Waals surface area contributed by atoms with Gasteiger partial charge in [-0.15, -0.1) is 6.58 Å². The third-order valence-electron chi connectivity index (χ3n) is 3.57. The molecule has 0 radical (unpaired) electrons. The smallest absolute Gasteiger partial charge is 0.335 e. The van der Waals surface area contributed by atoms with Crippen LogP contribution in [-0.4, -0.2) is 41.6 Å². The van der Waals surface area contributed by atoms with E-state index >= 15 is 0 Å². The number of aromatic carboxylic acids is 1. The lowest BCUT2D eigenvalue weighted by Gasteiger charge is -2.27. The Morgan fingerprint density at radius 1 is 1.48 bits per heavy atom. The normalized spacial score (nSPS) is 12.9. The van der Waals surface area contributed by atoms with Crippen molar-refractivity contribution in [1.82, 2.24) is 4.90 Å². The second-order valence-corrected chi connectivity index (χ2v) is 5.07. The van der Waals surface area contributed by atoms with Gasteiger partial charge in [0.15, 0.2) is 0 Å². The van der Waals surface area contributed by atoms with Crippen LogP contribution < -0.4 is 4.90 Å². The molecule has 112 valence electrons. The van der Waals surface area contributed by atoms with Gasteiger partial charge in [0.25, 0.3) is 0 Å². The molecule has 1 aliphatic heterocycles. The quantitative estimate of drug-likeness (QED) is 0.847. The van der Waals surface area contributed by atoms with Gasteiger partial charge in [0.2, 0.25) is 0 Å². The highest BCUT2D eigenvalue weighted by molar-refractivity contribution is 5.96. The van der Waals surface area contributed by atoms with E-state index in [4.69, 9.17) is 5.11 Å². The van der Waals surface area contributed by atoms with E-state index in [0.717, 1.165) is 17.7 Å². The summed E-state index contributed by atoms with van der Waals surface area (Å²) in [5.74, 6) is -0.943. The fraction of sp³-hybridized carbons (Fsp3) is 0.375. The van der Waals surface area contributed by atoms with Crippen molar-refractivity contribution in [2.75, 3.05) is 24.5 Å². The molecule has 0 aromatic heterocycles. The maximum atomic E-state index is 12.6. The third-order valence-corrected chi connectivity index (χ3v) is 3.57. The zero-order chi connectivity index (χ0) is 15.4. The van der Waals surface area contributed by atoms with Crippen LogP contribution in [0.5, 0.6) is 0 Å². The number of amides is 2. The second-order valence-electron chi connectivity index (χ2n) is 5.07. The number of urea groups is 1. The molecule has 0 atom stereocenters. The number of carboxylic acids is 1. The highest BCUT2D eigenvalue weighted by Crippen LogP contribution is 2.29. The van der Waals surface area contributed by atoms with Crippen LogP contribution >= 0.6 is 0 Å². The lowest BCUT2D eigenvalue weighted by Crippen LogP contribution is -2.43. The van der Waals surface area contributed by atoms with Crippen molar-refractivity contribution in [2.45, 2.75) is 19.8 Å². The van der Waals surface area contributed by atoms with Crippen molar-refractivity contribution in [3.8, 4) is 0 Å². The van der Waals surface area contributed by atoms with Gasteiger partial charge in [0, 0.05) is 25.3 Å². The van der Waals surface area contributed by atoms with Crippen molar-refractivity contribution in [1.29, 1.82) is 0 Å². The average molecular weight is 288 g/mol. The predicted molar refractivity (Wildman–Crippen MR) is 81.9 cm³/mol. The number of hydrogen-bond donors (Lipinski definition) is 1. The number of nitrogens with zero attached hydrogens (tertiary/aromatic N) is 2. The Balaban J connectivity index is 2.23. The molecular formula is C16H20N2O3.